The van der Waals surface area contributed by atoms with Crippen molar-refractivity contribution in [1.29, 1.82) is 0 Å². The van der Waals surface area contributed by atoms with Gasteiger partial charge >= 0.3 is 0 Å². The summed E-state index contributed by atoms with van der Waals surface area (Å²) in [6.45, 7) is 10.6. The van der Waals surface area contributed by atoms with Crippen LogP contribution in [0, 0.1) is 5.92 Å². The molecule has 0 bridgehead atoms. The number of nitrogens with one attached hydrogen (secondary N) is 1. The largest absolute Gasteiger partial charge is 0.463 e. The Balaban J connectivity index is 2.25. The SMILES string of the molecule is CCCCCN(C)Cc1ccc(CNCC(C)C)o1. The van der Waals surface area contributed by atoms with Crippen molar-refractivity contribution in [2.45, 2.75) is 53.1 Å². The number of hydrogen-bond acceptors (Lipinski definition) is 3. The van der Waals surface area contributed by atoms with Gasteiger partial charge in [-0.05, 0) is 44.6 Å². The number of unbranched alkanes of at least 4 members (excludes halogenated alkanes) is 2. The van der Waals surface area contributed by atoms with E-state index in [1.165, 1.54) is 19.3 Å². The third-order valence-electron chi connectivity index (χ3n) is 3.14. The van der Waals surface area contributed by atoms with Gasteiger partial charge in [0.1, 0.15) is 11.5 Å². The summed E-state index contributed by atoms with van der Waals surface area (Å²) in [6.07, 6.45) is 3.86. The summed E-state index contributed by atoms with van der Waals surface area (Å²) < 4.78 is 5.84. The van der Waals surface area contributed by atoms with Gasteiger partial charge in [-0.1, -0.05) is 33.6 Å². The molecule has 0 spiro atoms. The summed E-state index contributed by atoms with van der Waals surface area (Å²) in [5.41, 5.74) is 0. The lowest BCUT2D eigenvalue weighted by molar-refractivity contribution is 0.283. The van der Waals surface area contributed by atoms with Crippen molar-refractivity contribution in [3.8, 4) is 0 Å². The second-order valence-electron chi connectivity index (χ2n) is 5.84. The highest BCUT2D eigenvalue weighted by molar-refractivity contribution is 5.06. The van der Waals surface area contributed by atoms with Crippen LogP contribution in [0.15, 0.2) is 16.5 Å². The van der Waals surface area contributed by atoms with Crippen molar-refractivity contribution < 1.29 is 4.42 Å². The summed E-state index contributed by atoms with van der Waals surface area (Å²) in [4.78, 5) is 2.33. The lowest BCUT2D eigenvalue weighted by Crippen LogP contribution is -2.19. The van der Waals surface area contributed by atoms with Gasteiger partial charge in [0.05, 0.1) is 13.1 Å². The summed E-state index contributed by atoms with van der Waals surface area (Å²) in [6, 6.07) is 4.19. The molecule has 0 saturated carbocycles. The van der Waals surface area contributed by atoms with E-state index in [2.05, 4.69) is 50.2 Å². The summed E-state index contributed by atoms with van der Waals surface area (Å²) >= 11 is 0. The third kappa shape index (κ3) is 7.38. The first-order valence-electron chi connectivity index (χ1n) is 7.58. The van der Waals surface area contributed by atoms with E-state index in [-0.39, 0.29) is 0 Å². The molecule has 0 saturated heterocycles. The zero-order valence-corrected chi connectivity index (χ0v) is 13.0. The van der Waals surface area contributed by atoms with Crippen molar-refractivity contribution in [1.82, 2.24) is 10.2 Å². The standard InChI is InChI=1S/C16H30N2O/c1-5-6-7-10-18(4)13-16-9-8-15(19-16)12-17-11-14(2)3/h8-9,14,17H,5-7,10-13H2,1-4H3. The molecule has 1 N–H and O–H groups in total. The van der Waals surface area contributed by atoms with E-state index in [0.717, 1.165) is 37.7 Å². The van der Waals surface area contributed by atoms with Crippen LogP contribution in [-0.2, 0) is 13.1 Å². The minimum atomic E-state index is 0.680. The lowest BCUT2D eigenvalue weighted by atomic mass is 10.2. The molecule has 0 atom stereocenters. The predicted molar refractivity (Wildman–Crippen MR) is 81.1 cm³/mol. The van der Waals surface area contributed by atoms with Crippen LogP contribution in [-0.4, -0.2) is 25.0 Å². The molecule has 1 aromatic rings. The molecule has 1 aromatic heterocycles. The van der Waals surface area contributed by atoms with Gasteiger partial charge in [-0.3, -0.25) is 4.90 Å². The highest BCUT2D eigenvalue weighted by Gasteiger charge is 2.05. The molecule has 3 heteroatoms. The fourth-order valence-corrected chi connectivity index (χ4v) is 2.06. The van der Waals surface area contributed by atoms with E-state index < -0.39 is 0 Å². The van der Waals surface area contributed by atoms with Gasteiger partial charge in [-0.25, -0.2) is 0 Å². The third-order valence-corrected chi connectivity index (χ3v) is 3.14. The maximum absolute atomic E-state index is 5.84. The van der Waals surface area contributed by atoms with E-state index in [4.69, 9.17) is 4.42 Å². The van der Waals surface area contributed by atoms with Gasteiger partial charge in [0, 0.05) is 0 Å². The molecule has 0 aliphatic carbocycles. The molecule has 0 fully saturated rings. The van der Waals surface area contributed by atoms with E-state index in [1.54, 1.807) is 0 Å². The molecule has 0 unspecified atom stereocenters. The van der Waals surface area contributed by atoms with Gasteiger partial charge in [0.2, 0.25) is 0 Å². The van der Waals surface area contributed by atoms with Crippen molar-refractivity contribution in [2.75, 3.05) is 20.1 Å². The van der Waals surface area contributed by atoms with Crippen molar-refractivity contribution in [3.05, 3.63) is 23.7 Å². The van der Waals surface area contributed by atoms with Crippen molar-refractivity contribution in [2.24, 2.45) is 5.92 Å². The zero-order valence-electron chi connectivity index (χ0n) is 13.0. The molecule has 3 nitrogen and oxygen atoms in total. The monoisotopic (exact) mass is 266 g/mol. The van der Waals surface area contributed by atoms with E-state index >= 15 is 0 Å². The fourth-order valence-electron chi connectivity index (χ4n) is 2.06. The van der Waals surface area contributed by atoms with Crippen LogP contribution in [0.3, 0.4) is 0 Å². The molecule has 0 aliphatic heterocycles. The molecular formula is C16H30N2O. The fraction of sp³-hybridized carbons (Fsp3) is 0.750. The average Bonchev–Trinajstić information content (AvgIpc) is 2.76. The molecule has 0 amide bonds. The van der Waals surface area contributed by atoms with Crippen molar-refractivity contribution in [3.63, 3.8) is 0 Å². The van der Waals surface area contributed by atoms with Crippen LogP contribution in [0.4, 0.5) is 0 Å². The Labute approximate surface area is 118 Å². The minimum Gasteiger partial charge on any atom is -0.463 e. The number of rotatable bonds is 10. The van der Waals surface area contributed by atoms with E-state index in [1.807, 2.05) is 0 Å². The highest BCUT2D eigenvalue weighted by Crippen LogP contribution is 2.10. The van der Waals surface area contributed by atoms with Gasteiger partial charge in [-0.15, -0.1) is 0 Å². The van der Waals surface area contributed by atoms with Crippen LogP contribution in [0.5, 0.6) is 0 Å². The topological polar surface area (TPSA) is 28.4 Å². The zero-order chi connectivity index (χ0) is 14.1. The van der Waals surface area contributed by atoms with Crippen LogP contribution < -0.4 is 5.32 Å². The van der Waals surface area contributed by atoms with Crippen LogP contribution >= 0.6 is 0 Å². The number of nitrogens with zero attached hydrogens (tertiary/aromatic N) is 1. The Kier molecular flexibility index (Phi) is 7.84. The Hall–Kier alpha value is -0.800. The molecule has 0 aromatic carbocycles. The van der Waals surface area contributed by atoms with Crippen LogP contribution in [0.25, 0.3) is 0 Å². The van der Waals surface area contributed by atoms with Gasteiger partial charge < -0.3 is 9.73 Å². The molecule has 110 valence electrons. The maximum atomic E-state index is 5.84. The molecular weight excluding hydrogens is 236 g/mol. The Bertz CT molecular complexity index is 333. The quantitative estimate of drug-likeness (QED) is 0.655. The Morgan fingerprint density at radius 2 is 1.95 bits per heavy atom. The maximum Gasteiger partial charge on any atom is 0.118 e. The smallest absolute Gasteiger partial charge is 0.118 e. The second kappa shape index (κ2) is 9.16. The summed E-state index contributed by atoms with van der Waals surface area (Å²) in [7, 11) is 2.16. The van der Waals surface area contributed by atoms with E-state index in [9.17, 15) is 0 Å². The Morgan fingerprint density at radius 1 is 1.21 bits per heavy atom. The highest BCUT2D eigenvalue weighted by atomic mass is 16.3. The molecule has 0 radical (unpaired) electrons. The number of furan rings is 1. The normalized spacial score (nSPS) is 11.7. The van der Waals surface area contributed by atoms with Crippen molar-refractivity contribution >= 4 is 0 Å². The first-order valence-corrected chi connectivity index (χ1v) is 7.58. The van der Waals surface area contributed by atoms with Gasteiger partial charge in [-0.2, -0.15) is 0 Å². The van der Waals surface area contributed by atoms with Gasteiger partial charge in [0.15, 0.2) is 0 Å². The minimum absolute atomic E-state index is 0.680. The first kappa shape index (κ1) is 16.3. The predicted octanol–water partition coefficient (Wildman–Crippen LogP) is 3.65. The summed E-state index contributed by atoms with van der Waals surface area (Å²) in [5, 5.41) is 3.40. The van der Waals surface area contributed by atoms with E-state index in [0.29, 0.717) is 5.92 Å². The lowest BCUT2D eigenvalue weighted by Gasteiger charge is -2.14. The van der Waals surface area contributed by atoms with Crippen LogP contribution in [0.1, 0.15) is 51.6 Å². The first-order chi connectivity index (χ1) is 9.11. The molecule has 1 rings (SSSR count). The second-order valence-corrected chi connectivity index (χ2v) is 5.84. The van der Waals surface area contributed by atoms with Gasteiger partial charge in [0.25, 0.3) is 0 Å². The average molecular weight is 266 g/mol. The molecule has 0 aliphatic rings. The van der Waals surface area contributed by atoms with Crippen LogP contribution in [0.2, 0.25) is 0 Å². The Morgan fingerprint density at radius 3 is 2.63 bits per heavy atom. The number of hydrogen-bond donors (Lipinski definition) is 1. The summed E-state index contributed by atoms with van der Waals surface area (Å²) in [5.74, 6) is 2.79. The molecule has 1 heterocycles. The molecule has 19 heavy (non-hydrogen) atoms.